The highest BCUT2D eigenvalue weighted by atomic mass is 35.5. The summed E-state index contributed by atoms with van der Waals surface area (Å²) < 4.78 is 12.5. The van der Waals surface area contributed by atoms with E-state index in [9.17, 15) is 14.0 Å². The third kappa shape index (κ3) is 2.40. The predicted molar refractivity (Wildman–Crippen MR) is 45.4 cm³/mol. The molecule has 1 rings (SSSR count). The number of rotatable bonds is 2. The summed E-state index contributed by atoms with van der Waals surface area (Å²) in [6, 6.07) is 0.610. The van der Waals surface area contributed by atoms with Crippen LogP contribution in [0, 0.1) is 5.82 Å². The molecule has 7 heteroatoms. The van der Waals surface area contributed by atoms with E-state index >= 15 is 0 Å². The number of pyridine rings is 1. The fraction of sp³-hybridized carbons (Fsp3) is 0. The molecule has 0 aliphatic heterocycles. The Kier molecular flexibility index (Phi) is 3.97. The molecule has 0 bridgehead atoms. The van der Waals surface area contributed by atoms with Gasteiger partial charge in [-0.15, -0.1) is 12.4 Å². The fourth-order valence-electron chi connectivity index (χ4n) is 0.773. The standard InChI is InChI=1S/C7H4FNO4.ClH/c8-3-1-4(6(10)11)5(7(12)13)9-2-3;/h1-2H,(H,10,11)(H,12,13);1H. The first-order valence-electron chi connectivity index (χ1n) is 3.14. The number of aromatic carboxylic acids is 2. The molecule has 0 unspecified atom stereocenters. The summed E-state index contributed by atoms with van der Waals surface area (Å²) in [5.74, 6) is -3.91. The van der Waals surface area contributed by atoms with Gasteiger partial charge in [0.2, 0.25) is 0 Å². The van der Waals surface area contributed by atoms with E-state index in [1.807, 2.05) is 0 Å². The normalized spacial score (nSPS) is 8.93. The predicted octanol–water partition coefficient (Wildman–Crippen LogP) is 1.04. The number of carboxylic acid groups (broad SMARTS) is 2. The molecule has 0 saturated carbocycles. The number of halogens is 2. The second-order valence-electron chi connectivity index (χ2n) is 2.16. The lowest BCUT2D eigenvalue weighted by molar-refractivity contribution is 0.0645. The number of carboxylic acids is 2. The number of hydrogen-bond acceptors (Lipinski definition) is 3. The zero-order valence-corrected chi connectivity index (χ0v) is 7.42. The van der Waals surface area contributed by atoms with E-state index in [0.717, 1.165) is 0 Å². The van der Waals surface area contributed by atoms with Crippen LogP contribution in [0.5, 0.6) is 0 Å². The van der Waals surface area contributed by atoms with Crippen molar-refractivity contribution < 1.29 is 24.2 Å². The Morgan fingerprint density at radius 2 is 1.86 bits per heavy atom. The Labute approximate surface area is 83.6 Å². The van der Waals surface area contributed by atoms with Gasteiger partial charge in [-0.25, -0.2) is 19.0 Å². The van der Waals surface area contributed by atoms with Gasteiger partial charge in [-0.3, -0.25) is 0 Å². The smallest absolute Gasteiger partial charge is 0.355 e. The molecule has 0 aliphatic rings. The molecule has 5 nitrogen and oxygen atoms in total. The van der Waals surface area contributed by atoms with Crippen LogP contribution in [-0.2, 0) is 0 Å². The minimum Gasteiger partial charge on any atom is -0.478 e. The van der Waals surface area contributed by atoms with Gasteiger partial charge in [0.05, 0.1) is 11.8 Å². The molecule has 1 aromatic heterocycles. The van der Waals surface area contributed by atoms with Gasteiger partial charge in [0, 0.05) is 0 Å². The minimum absolute atomic E-state index is 0. The minimum atomic E-state index is -1.52. The topological polar surface area (TPSA) is 87.5 Å². The SMILES string of the molecule is Cl.O=C(O)c1cc(F)cnc1C(=O)O. The van der Waals surface area contributed by atoms with E-state index in [-0.39, 0.29) is 12.4 Å². The summed E-state index contributed by atoms with van der Waals surface area (Å²) in [6.45, 7) is 0. The lowest BCUT2D eigenvalue weighted by Crippen LogP contribution is -2.10. The zero-order chi connectivity index (χ0) is 10.0. The Morgan fingerprint density at radius 1 is 1.29 bits per heavy atom. The van der Waals surface area contributed by atoms with Crippen LogP contribution in [0.2, 0.25) is 0 Å². The van der Waals surface area contributed by atoms with Gasteiger partial charge in [0.15, 0.2) is 5.69 Å². The van der Waals surface area contributed by atoms with Crippen molar-refractivity contribution in [2.45, 2.75) is 0 Å². The first-order chi connectivity index (χ1) is 6.02. The lowest BCUT2D eigenvalue weighted by Gasteiger charge is -1.98. The molecule has 0 aromatic carbocycles. The molecule has 0 spiro atoms. The number of nitrogens with zero attached hydrogens (tertiary/aromatic N) is 1. The molecule has 1 aromatic rings. The Balaban J connectivity index is 0.00000169. The largest absolute Gasteiger partial charge is 0.478 e. The van der Waals surface area contributed by atoms with Gasteiger partial charge in [0.25, 0.3) is 0 Å². The first kappa shape index (κ1) is 12.3. The zero-order valence-electron chi connectivity index (χ0n) is 6.60. The third-order valence-corrected chi connectivity index (χ3v) is 1.29. The van der Waals surface area contributed by atoms with Gasteiger partial charge >= 0.3 is 11.9 Å². The summed E-state index contributed by atoms with van der Waals surface area (Å²) in [6.07, 6.45) is 0.649. The highest BCUT2D eigenvalue weighted by Crippen LogP contribution is 2.07. The van der Waals surface area contributed by atoms with Crippen LogP contribution in [0.4, 0.5) is 4.39 Å². The summed E-state index contributed by atoms with van der Waals surface area (Å²) in [4.78, 5) is 23.9. The summed E-state index contributed by atoms with van der Waals surface area (Å²) in [5, 5.41) is 16.9. The molecule has 2 N–H and O–H groups in total. The molecule has 0 amide bonds. The van der Waals surface area contributed by atoms with Crippen LogP contribution in [0.15, 0.2) is 12.3 Å². The van der Waals surface area contributed by atoms with E-state index < -0.39 is 29.0 Å². The molecule has 1 heterocycles. The van der Waals surface area contributed by atoms with E-state index in [1.165, 1.54) is 0 Å². The molecular formula is C7H5ClFNO4. The van der Waals surface area contributed by atoms with E-state index in [0.29, 0.717) is 12.3 Å². The van der Waals surface area contributed by atoms with Crippen molar-refractivity contribution in [1.29, 1.82) is 0 Å². The van der Waals surface area contributed by atoms with Crippen molar-refractivity contribution in [2.75, 3.05) is 0 Å². The van der Waals surface area contributed by atoms with E-state index in [1.54, 1.807) is 0 Å². The number of aromatic nitrogens is 1. The molecule has 0 atom stereocenters. The van der Waals surface area contributed by atoms with Crippen molar-refractivity contribution in [3.05, 3.63) is 29.3 Å². The number of hydrogen-bond donors (Lipinski definition) is 2. The maximum Gasteiger partial charge on any atom is 0.355 e. The molecule has 14 heavy (non-hydrogen) atoms. The average Bonchev–Trinajstić information content (AvgIpc) is 2.03. The Morgan fingerprint density at radius 3 is 2.29 bits per heavy atom. The van der Waals surface area contributed by atoms with Gasteiger partial charge in [-0.1, -0.05) is 0 Å². The second-order valence-corrected chi connectivity index (χ2v) is 2.16. The van der Waals surface area contributed by atoms with E-state index in [4.69, 9.17) is 10.2 Å². The van der Waals surface area contributed by atoms with Gasteiger partial charge in [-0.2, -0.15) is 0 Å². The maximum atomic E-state index is 12.5. The molecular weight excluding hydrogens is 217 g/mol. The van der Waals surface area contributed by atoms with Gasteiger partial charge in [-0.05, 0) is 6.07 Å². The summed E-state index contributed by atoms with van der Waals surface area (Å²) >= 11 is 0. The molecule has 0 fully saturated rings. The molecule has 0 radical (unpaired) electrons. The van der Waals surface area contributed by atoms with Crippen molar-refractivity contribution in [2.24, 2.45) is 0 Å². The Hall–Kier alpha value is -1.69. The molecule has 0 saturated heterocycles. The van der Waals surface area contributed by atoms with Crippen LogP contribution in [-0.4, -0.2) is 27.1 Å². The van der Waals surface area contributed by atoms with Crippen LogP contribution >= 0.6 is 12.4 Å². The third-order valence-electron chi connectivity index (χ3n) is 1.29. The quantitative estimate of drug-likeness (QED) is 0.779. The van der Waals surface area contributed by atoms with Crippen LogP contribution in [0.25, 0.3) is 0 Å². The van der Waals surface area contributed by atoms with Crippen LogP contribution in [0.1, 0.15) is 20.8 Å². The Bertz CT molecular complexity index is 382. The second kappa shape index (κ2) is 4.52. The van der Waals surface area contributed by atoms with Crippen LogP contribution in [0.3, 0.4) is 0 Å². The summed E-state index contributed by atoms with van der Waals surface area (Å²) in [7, 11) is 0. The van der Waals surface area contributed by atoms with Crippen LogP contribution < -0.4 is 0 Å². The fourth-order valence-corrected chi connectivity index (χ4v) is 0.773. The first-order valence-corrected chi connectivity index (χ1v) is 3.14. The lowest BCUT2D eigenvalue weighted by atomic mass is 10.2. The molecule has 0 aliphatic carbocycles. The van der Waals surface area contributed by atoms with Crippen molar-refractivity contribution in [3.63, 3.8) is 0 Å². The maximum absolute atomic E-state index is 12.5. The highest BCUT2D eigenvalue weighted by Gasteiger charge is 2.17. The monoisotopic (exact) mass is 221 g/mol. The van der Waals surface area contributed by atoms with Gasteiger partial charge in [0.1, 0.15) is 5.82 Å². The van der Waals surface area contributed by atoms with Crippen molar-refractivity contribution in [3.8, 4) is 0 Å². The molecule has 76 valence electrons. The van der Waals surface area contributed by atoms with Gasteiger partial charge < -0.3 is 10.2 Å². The highest BCUT2D eigenvalue weighted by molar-refractivity contribution is 6.00. The van der Waals surface area contributed by atoms with E-state index in [2.05, 4.69) is 4.98 Å². The number of carbonyl (C=O) groups is 2. The average molecular weight is 222 g/mol. The summed E-state index contributed by atoms with van der Waals surface area (Å²) in [5.41, 5.74) is -1.33. The van der Waals surface area contributed by atoms with Crippen molar-refractivity contribution in [1.82, 2.24) is 4.98 Å². The van der Waals surface area contributed by atoms with Crippen molar-refractivity contribution >= 4 is 24.3 Å².